The van der Waals surface area contributed by atoms with Crippen LogP contribution in [0.15, 0.2) is 33.8 Å². The maximum atomic E-state index is 5.85. The minimum absolute atomic E-state index is 0.489. The summed E-state index contributed by atoms with van der Waals surface area (Å²) in [6, 6.07) is 7.76. The van der Waals surface area contributed by atoms with Gasteiger partial charge in [-0.1, -0.05) is 12.1 Å². The molecule has 0 aliphatic rings. The maximum Gasteiger partial charge on any atom is 0.186 e. The molecular weight excluding hydrogens is 286 g/mol. The van der Waals surface area contributed by atoms with Crippen LogP contribution in [0.5, 0.6) is 5.75 Å². The molecule has 6 heteroatoms. The third-order valence-electron chi connectivity index (χ3n) is 2.83. The molecule has 2 rings (SSSR count). The second-order valence-electron chi connectivity index (χ2n) is 4.39. The van der Waals surface area contributed by atoms with Gasteiger partial charge >= 0.3 is 0 Å². The first-order valence-electron chi connectivity index (χ1n) is 6.89. The van der Waals surface area contributed by atoms with Crippen molar-refractivity contribution in [3.8, 4) is 5.75 Å². The fourth-order valence-corrected chi connectivity index (χ4v) is 2.06. The van der Waals surface area contributed by atoms with Gasteiger partial charge in [-0.3, -0.25) is 5.43 Å². The average Bonchev–Trinajstić information content (AvgIpc) is 2.90. The predicted octanol–water partition coefficient (Wildman–Crippen LogP) is 3.04. The molecule has 0 radical (unpaired) electrons. The number of hydrogen-bond donors (Lipinski definition) is 2. The van der Waals surface area contributed by atoms with Crippen molar-refractivity contribution in [1.82, 2.24) is 10.7 Å². The highest BCUT2D eigenvalue weighted by Gasteiger charge is 2.11. The Morgan fingerprint density at radius 3 is 2.90 bits per heavy atom. The van der Waals surface area contributed by atoms with E-state index in [0.29, 0.717) is 23.2 Å². The number of hydrazone groups is 1. The number of para-hydroxylation sites is 1. The van der Waals surface area contributed by atoms with Gasteiger partial charge in [0.05, 0.1) is 6.61 Å². The molecule has 0 unspecified atom stereocenters. The van der Waals surface area contributed by atoms with Crippen LogP contribution in [-0.4, -0.2) is 24.0 Å². The van der Waals surface area contributed by atoms with Crippen LogP contribution in [0.25, 0.3) is 11.0 Å². The maximum absolute atomic E-state index is 5.85. The van der Waals surface area contributed by atoms with E-state index in [1.165, 1.54) is 0 Å². The van der Waals surface area contributed by atoms with Crippen molar-refractivity contribution in [2.75, 3.05) is 13.2 Å². The van der Waals surface area contributed by atoms with Crippen molar-refractivity contribution in [2.24, 2.45) is 5.10 Å². The van der Waals surface area contributed by atoms with Crippen molar-refractivity contribution < 1.29 is 9.15 Å². The fraction of sp³-hybridized carbons (Fsp3) is 0.333. The highest BCUT2D eigenvalue weighted by atomic mass is 32.1. The Bertz CT molecular complexity index is 664. The van der Waals surface area contributed by atoms with Crippen LogP contribution in [0.3, 0.4) is 0 Å². The molecule has 0 saturated carbocycles. The molecule has 0 spiro atoms. The SMILES string of the molecule is CCNC(=S)N/N=C(/C)c1cc2cccc(OCC)c2o1. The lowest BCUT2D eigenvalue weighted by Gasteiger charge is -2.04. The third-order valence-corrected chi connectivity index (χ3v) is 3.06. The smallest absolute Gasteiger partial charge is 0.186 e. The monoisotopic (exact) mass is 305 g/mol. The van der Waals surface area contributed by atoms with E-state index in [9.17, 15) is 0 Å². The minimum atomic E-state index is 0.489. The van der Waals surface area contributed by atoms with Crippen LogP contribution in [0, 0.1) is 0 Å². The molecule has 112 valence electrons. The number of ether oxygens (including phenoxy) is 1. The van der Waals surface area contributed by atoms with Crippen molar-refractivity contribution in [1.29, 1.82) is 0 Å². The summed E-state index contributed by atoms with van der Waals surface area (Å²) < 4.78 is 11.4. The molecule has 2 aromatic rings. The molecule has 21 heavy (non-hydrogen) atoms. The Labute approximate surface area is 129 Å². The van der Waals surface area contributed by atoms with Crippen LogP contribution in [0.2, 0.25) is 0 Å². The molecule has 0 atom stereocenters. The molecule has 0 saturated heterocycles. The van der Waals surface area contributed by atoms with E-state index in [-0.39, 0.29) is 0 Å². The highest BCUT2D eigenvalue weighted by molar-refractivity contribution is 7.80. The van der Waals surface area contributed by atoms with Gasteiger partial charge in [0.25, 0.3) is 0 Å². The lowest BCUT2D eigenvalue weighted by atomic mass is 10.2. The zero-order valence-electron chi connectivity index (χ0n) is 12.4. The number of nitrogens with zero attached hydrogens (tertiary/aromatic N) is 1. The van der Waals surface area contributed by atoms with E-state index >= 15 is 0 Å². The van der Waals surface area contributed by atoms with Gasteiger partial charge in [-0.2, -0.15) is 5.10 Å². The number of benzene rings is 1. The lowest BCUT2D eigenvalue weighted by molar-refractivity contribution is 0.338. The minimum Gasteiger partial charge on any atom is -0.490 e. The highest BCUT2D eigenvalue weighted by Crippen LogP contribution is 2.28. The molecular formula is C15H19N3O2S. The number of furan rings is 1. The van der Waals surface area contributed by atoms with Gasteiger partial charge in [0.1, 0.15) is 5.71 Å². The first-order valence-corrected chi connectivity index (χ1v) is 7.30. The summed E-state index contributed by atoms with van der Waals surface area (Å²) >= 11 is 5.06. The topological polar surface area (TPSA) is 58.8 Å². The van der Waals surface area contributed by atoms with E-state index in [4.69, 9.17) is 21.4 Å². The van der Waals surface area contributed by atoms with Crippen molar-refractivity contribution in [2.45, 2.75) is 20.8 Å². The number of rotatable bonds is 5. The standard InChI is InChI=1S/C15H19N3O2S/c1-4-16-15(21)18-17-10(3)13-9-11-7-6-8-12(19-5-2)14(11)20-13/h6-9H,4-5H2,1-3H3,(H2,16,18,21)/b17-10-. The third kappa shape index (κ3) is 3.72. The molecule has 1 heterocycles. The molecule has 0 amide bonds. The predicted molar refractivity (Wildman–Crippen MR) is 89.0 cm³/mol. The normalized spacial score (nSPS) is 11.5. The summed E-state index contributed by atoms with van der Waals surface area (Å²) in [4.78, 5) is 0. The van der Waals surface area contributed by atoms with Crippen LogP contribution in [0.4, 0.5) is 0 Å². The Balaban J connectivity index is 2.24. The largest absolute Gasteiger partial charge is 0.490 e. The lowest BCUT2D eigenvalue weighted by Crippen LogP contribution is -2.32. The van der Waals surface area contributed by atoms with Crippen molar-refractivity contribution in [3.05, 3.63) is 30.0 Å². The molecule has 0 bridgehead atoms. The summed E-state index contributed by atoms with van der Waals surface area (Å²) in [6.07, 6.45) is 0. The van der Waals surface area contributed by atoms with Gasteiger partial charge < -0.3 is 14.5 Å². The van der Waals surface area contributed by atoms with Gasteiger partial charge in [0, 0.05) is 11.9 Å². The van der Waals surface area contributed by atoms with Gasteiger partial charge in [0.15, 0.2) is 22.2 Å². The average molecular weight is 305 g/mol. The molecule has 2 N–H and O–H groups in total. The van der Waals surface area contributed by atoms with Crippen LogP contribution < -0.4 is 15.5 Å². The Kier molecular flexibility index (Phi) is 5.16. The zero-order valence-corrected chi connectivity index (χ0v) is 13.2. The molecule has 1 aromatic carbocycles. The first-order chi connectivity index (χ1) is 10.2. The number of hydrogen-bond acceptors (Lipinski definition) is 4. The van der Waals surface area contributed by atoms with Crippen molar-refractivity contribution >= 4 is 34.0 Å². The van der Waals surface area contributed by atoms with Crippen LogP contribution in [0.1, 0.15) is 26.5 Å². The van der Waals surface area contributed by atoms with Crippen molar-refractivity contribution in [3.63, 3.8) is 0 Å². The quantitative estimate of drug-likeness (QED) is 0.505. The molecule has 5 nitrogen and oxygen atoms in total. The van der Waals surface area contributed by atoms with E-state index in [1.54, 1.807) is 0 Å². The van der Waals surface area contributed by atoms with Gasteiger partial charge in [-0.25, -0.2) is 0 Å². The molecule has 0 aliphatic heterocycles. The second kappa shape index (κ2) is 7.08. The summed E-state index contributed by atoms with van der Waals surface area (Å²) in [7, 11) is 0. The summed E-state index contributed by atoms with van der Waals surface area (Å²) in [5, 5.41) is 8.65. The number of nitrogens with one attached hydrogen (secondary N) is 2. The molecule has 1 aromatic heterocycles. The zero-order chi connectivity index (χ0) is 15.2. The first kappa shape index (κ1) is 15.3. The Morgan fingerprint density at radius 2 is 2.19 bits per heavy atom. The summed E-state index contributed by atoms with van der Waals surface area (Å²) in [6.45, 7) is 7.13. The van der Waals surface area contributed by atoms with Gasteiger partial charge in [-0.15, -0.1) is 0 Å². The summed E-state index contributed by atoms with van der Waals surface area (Å²) in [5.41, 5.74) is 4.23. The van der Waals surface area contributed by atoms with Gasteiger partial charge in [0.2, 0.25) is 0 Å². The Hall–Kier alpha value is -2.08. The van der Waals surface area contributed by atoms with Crippen LogP contribution >= 0.6 is 12.2 Å². The summed E-state index contributed by atoms with van der Waals surface area (Å²) in [5.74, 6) is 1.43. The van der Waals surface area contributed by atoms with E-state index in [2.05, 4.69) is 15.8 Å². The van der Waals surface area contributed by atoms with E-state index in [1.807, 2.05) is 45.0 Å². The molecule has 0 fully saturated rings. The Morgan fingerprint density at radius 1 is 1.38 bits per heavy atom. The number of fused-ring (bicyclic) bond motifs is 1. The fourth-order valence-electron chi connectivity index (χ4n) is 1.87. The van der Waals surface area contributed by atoms with E-state index < -0.39 is 0 Å². The van der Waals surface area contributed by atoms with E-state index in [0.717, 1.165) is 23.3 Å². The van der Waals surface area contributed by atoms with Crippen LogP contribution in [-0.2, 0) is 0 Å². The van der Waals surface area contributed by atoms with Gasteiger partial charge in [-0.05, 0) is 45.1 Å². The second-order valence-corrected chi connectivity index (χ2v) is 4.79. The number of thiocarbonyl (C=S) groups is 1. The molecule has 0 aliphatic carbocycles.